The van der Waals surface area contributed by atoms with E-state index in [0.29, 0.717) is 30.0 Å². The van der Waals surface area contributed by atoms with Gasteiger partial charge in [-0.3, -0.25) is 0 Å². The second-order valence-corrected chi connectivity index (χ2v) is 5.88. The number of aliphatic hydroxyl groups is 1. The first kappa shape index (κ1) is 16.1. The molecule has 0 saturated carbocycles. The van der Waals surface area contributed by atoms with Crippen LogP contribution < -0.4 is 5.32 Å². The van der Waals surface area contributed by atoms with Crippen molar-refractivity contribution in [3.8, 4) is 6.07 Å². The Hall–Kier alpha value is -2.78. The van der Waals surface area contributed by atoms with Gasteiger partial charge in [-0.25, -0.2) is 4.79 Å². The summed E-state index contributed by atoms with van der Waals surface area (Å²) in [7, 11) is 0. The van der Waals surface area contributed by atoms with Crippen LogP contribution in [-0.2, 0) is 0 Å². The Balaban J connectivity index is 1.64. The number of likely N-dealkylation sites (tertiary alicyclic amines) is 1. The molecule has 2 N–H and O–H groups in total. The second-order valence-electron chi connectivity index (χ2n) is 5.88. The zero-order valence-electron chi connectivity index (χ0n) is 13.2. The molecule has 0 radical (unpaired) electrons. The second kappa shape index (κ2) is 7.20. The summed E-state index contributed by atoms with van der Waals surface area (Å²) in [6, 6.07) is 12.1. The Kier molecular flexibility index (Phi) is 4.82. The number of aliphatic hydroxyl groups excluding tert-OH is 1. The van der Waals surface area contributed by atoms with Crippen LogP contribution in [0, 0.1) is 11.3 Å². The molecule has 0 spiro atoms. The van der Waals surface area contributed by atoms with Gasteiger partial charge in [-0.1, -0.05) is 6.07 Å². The van der Waals surface area contributed by atoms with Crippen LogP contribution in [0.25, 0.3) is 0 Å². The highest BCUT2D eigenvalue weighted by Gasteiger charge is 2.31. The van der Waals surface area contributed by atoms with Gasteiger partial charge in [-0.2, -0.15) is 5.26 Å². The fourth-order valence-corrected chi connectivity index (χ4v) is 3.06. The lowest BCUT2D eigenvalue weighted by Gasteiger charge is -2.26. The van der Waals surface area contributed by atoms with E-state index in [1.165, 1.54) is 6.26 Å². The van der Waals surface area contributed by atoms with E-state index in [0.717, 1.165) is 12.8 Å². The van der Waals surface area contributed by atoms with Gasteiger partial charge in [0, 0.05) is 24.7 Å². The fourth-order valence-electron chi connectivity index (χ4n) is 3.06. The molecule has 3 rings (SSSR count). The number of urea groups is 1. The van der Waals surface area contributed by atoms with Gasteiger partial charge in [0.1, 0.15) is 11.9 Å². The third-order valence-electron chi connectivity index (χ3n) is 4.25. The van der Waals surface area contributed by atoms with Gasteiger partial charge in [-0.05, 0) is 43.2 Å². The van der Waals surface area contributed by atoms with Gasteiger partial charge in [-0.15, -0.1) is 0 Å². The summed E-state index contributed by atoms with van der Waals surface area (Å²) in [6.45, 7) is 0.652. The summed E-state index contributed by atoms with van der Waals surface area (Å²) in [4.78, 5) is 14.3. The molecule has 1 fully saturated rings. The van der Waals surface area contributed by atoms with Crippen molar-refractivity contribution in [2.24, 2.45) is 0 Å². The Labute approximate surface area is 140 Å². The summed E-state index contributed by atoms with van der Waals surface area (Å²) in [5.74, 6) is 0.518. The Morgan fingerprint density at radius 1 is 1.46 bits per heavy atom. The predicted molar refractivity (Wildman–Crippen MR) is 88.2 cm³/mol. The van der Waals surface area contributed by atoms with Crippen LogP contribution in [0.3, 0.4) is 0 Å². The number of nitrogens with zero attached hydrogens (tertiary/aromatic N) is 2. The minimum atomic E-state index is -0.722. The minimum absolute atomic E-state index is 0.0377. The highest BCUT2D eigenvalue weighted by atomic mass is 16.4. The third-order valence-corrected chi connectivity index (χ3v) is 4.25. The zero-order valence-corrected chi connectivity index (χ0v) is 13.2. The molecule has 2 atom stereocenters. The molecule has 1 saturated heterocycles. The molecule has 2 unspecified atom stereocenters. The third kappa shape index (κ3) is 3.58. The van der Waals surface area contributed by atoms with E-state index in [9.17, 15) is 9.90 Å². The number of anilines is 1. The summed E-state index contributed by atoms with van der Waals surface area (Å²) in [5, 5.41) is 22.0. The largest absolute Gasteiger partial charge is 0.467 e. The van der Waals surface area contributed by atoms with E-state index in [2.05, 4.69) is 11.4 Å². The molecule has 6 heteroatoms. The number of amides is 2. The molecule has 1 aliphatic heterocycles. The van der Waals surface area contributed by atoms with Crippen molar-refractivity contribution in [1.29, 1.82) is 5.26 Å². The Morgan fingerprint density at radius 3 is 3.08 bits per heavy atom. The van der Waals surface area contributed by atoms with E-state index in [1.54, 1.807) is 41.3 Å². The molecular weight excluding hydrogens is 306 g/mol. The molecule has 2 amide bonds. The van der Waals surface area contributed by atoms with E-state index >= 15 is 0 Å². The van der Waals surface area contributed by atoms with Crippen LogP contribution in [0.5, 0.6) is 0 Å². The van der Waals surface area contributed by atoms with Crippen LogP contribution in [0.2, 0.25) is 0 Å². The van der Waals surface area contributed by atoms with Gasteiger partial charge >= 0.3 is 6.03 Å². The summed E-state index contributed by atoms with van der Waals surface area (Å²) < 4.78 is 5.22. The summed E-state index contributed by atoms with van der Waals surface area (Å²) in [6.07, 6.45) is 3.00. The molecule has 1 aromatic heterocycles. The lowest BCUT2D eigenvalue weighted by molar-refractivity contribution is 0.110. The van der Waals surface area contributed by atoms with Gasteiger partial charge in [0.2, 0.25) is 0 Å². The quantitative estimate of drug-likeness (QED) is 0.903. The van der Waals surface area contributed by atoms with Crippen molar-refractivity contribution in [1.82, 2.24) is 4.90 Å². The summed E-state index contributed by atoms with van der Waals surface area (Å²) >= 11 is 0. The lowest BCUT2D eigenvalue weighted by Crippen LogP contribution is -2.39. The van der Waals surface area contributed by atoms with E-state index < -0.39 is 6.10 Å². The van der Waals surface area contributed by atoms with Crippen LogP contribution in [0.15, 0.2) is 47.1 Å². The number of rotatable bonds is 4. The number of furan rings is 1. The molecule has 24 heavy (non-hydrogen) atoms. The van der Waals surface area contributed by atoms with Crippen molar-refractivity contribution in [3.05, 3.63) is 54.0 Å². The van der Waals surface area contributed by atoms with Gasteiger partial charge in [0.25, 0.3) is 0 Å². The molecule has 1 aliphatic rings. The number of carbonyl (C=O) groups excluding carboxylic acids is 1. The predicted octanol–water partition coefficient (Wildman–Crippen LogP) is 3.27. The molecule has 1 aromatic carbocycles. The van der Waals surface area contributed by atoms with Crippen molar-refractivity contribution in [3.63, 3.8) is 0 Å². The first-order valence-corrected chi connectivity index (χ1v) is 7.96. The standard InChI is InChI=1S/C18H19N3O3/c19-12-13-4-1-5-14(10-13)20-18(23)21-8-2-6-15(21)11-16(22)17-7-3-9-24-17/h1,3-5,7,9-10,15-16,22H,2,6,8,11H2,(H,20,23). The Morgan fingerprint density at radius 2 is 2.33 bits per heavy atom. The van der Waals surface area contributed by atoms with Gasteiger partial charge < -0.3 is 19.7 Å². The number of nitriles is 1. The van der Waals surface area contributed by atoms with Crippen LogP contribution in [0.4, 0.5) is 10.5 Å². The molecule has 2 heterocycles. The maximum absolute atomic E-state index is 12.5. The SMILES string of the molecule is N#Cc1cccc(NC(=O)N2CCCC2CC(O)c2ccco2)c1. The van der Waals surface area contributed by atoms with Crippen molar-refractivity contribution in [2.45, 2.75) is 31.4 Å². The van der Waals surface area contributed by atoms with Gasteiger partial charge in [0.05, 0.1) is 17.9 Å². The number of carbonyl (C=O) groups is 1. The molecule has 0 bridgehead atoms. The smallest absolute Gasteiger partial charge is 0.322 e. The van der Waals surface area contributed by atoms with Gasteiger partial charge in [0.15, 0.2) is 0 Å². The molecule has 0 aliphatic carbocycles. The normalized spacial score (nSPS) is 18.2. The Bertz CT molecular complexity index is 736. The van der Waals surface area contributed by atoms with Crippen molar-refractivity contribution < 1.29 is 14.3 Å². The lowest BCUT2D eigenvalue weighted by atomic mass is 10.1. The summed E-state index contributed by atoms with van der Waals surface area (Å²) in [5.41, 5.74) is 1.09. The van der Waals surface area contributed by atoms with Crippen LogP contribution in [0.1, 0.15) is 36.7 Å². The monoisotopic (exact) mass is 325 g/mol. The molecule has 6 nitrogen and oxygen atoms in total. The fraction of sp³-hybridized carbons (Fsp3) is 0.333. The number of benzene rings is 1. The number of nitrogens with one attached hydrogen (secondary N) is 1. The van der Waals surface area contributed by atoms with E-state index in [-0.39, 0.29) is 12.1 Å². The molecule has 124 valence electrons. The molecule has 2 aromatic rings. The van der Waals surface area contributed by atoms with Crippen molar-refractivity contribution >= 4 is 11.7 Å². The van der Waals surface area contributed by atoms with Crippen molar-refractivity contribution in [2.75, 3.05) is 11.9 Å². The van der Waals surface area contributed by atoms with E-state index in [1.807, 2.05) is 0 Å². The maximum atomic E-state index is 12.5. The zero-order chi connectivity index (χ0) is 16.9. The van der Waals surface area contributed by atoms with Crippen LogP contribution in [-0.4, -0.2) is 28.6 Å². The number of hydrogen-bond donors (Lipinski definition) is 2. The molecular formula is C18H19N3O3. The average molecular weight is 325 g/mol. The first-order valence-electron chi connectivity index (χ1n) is 7.96. The highest BCUT2D eigenvalue weighted by molar-refractivity contribution is 5.89. The maximum Gasteiger partial charge on any atom is 0.322 e. The van der Waals surface area contributed by atoms with Crippen LogP contribution >= 0.6 is 0 Å². The first-order chi connectivity index (χ1) is 11.7. The highest BCUT2D eigenvalue weighted by Crippen LogP contribution is 2.28. The average Bonchev–Trinajstić information content (AvgIpc) is 3.26. The van der Waals surface area contributed by atoms with E-state index in [4.69, 9.17) is 9.68 Å². The minimum Gasteiger partial charge on any atom is -0.467 e. The number of hydrogen-bond acceptors (Lipinski definition) is 4. The topological polar surface area (TPSA) is 89.5 Å².